The van der Waals surface area contributed by atoms with E-state index in [1.165, 1.54) is 0 Å². The Morgan fingerprint density at radius 3 is 2.63 bits per heavy atom. The minimum atomic E-state index is -0.851. The van der Waals surface area contributed by atoms with Gasteiger partial charge >= 0.3 is 5.97 Å². The maximum absolute atomic E-state index is 11.6. The van der Waals surface area contributed by atoms with Gasteiger partial charge in [-0.15, -0.1) is 0 Å². The van der Waals surface area contributed by atoms with Gasteiger partial charge in [0.2, 0.25) is 5.91 Å². The average molecular weight is 264 g/mol. The molecule has 0 saturated heterocycles. The number of nitrogens with zero attached hydrogens (tertiary/aromatic N) is 1. The van der Waals surface area contributed by atoms with Gasteiger partial charge in [0.15, 0.2) is 0 Å². The van der Waals surface area contributed by atoms with Crippen LogP contribution in [0.2, 0.25) is 0 Å². The Bertz CT molecular complexity index is 406. The van der Waals surface area contributed by atoms with Crippen LogP contribution in [0.5, 0.6) is 0 Å². The van der Waals surface area contributed by atoms with Gasteiger partial charge in [-0.25, -0.2) is 0 Å². The summed E-state index contributed by atoms with van der Waals surface area (Å²) in [7, 11) is 0. The quantitative estimate of drug-likeness (QED) is 0.748. The first-order valence-electron chi connectivity index (χ1n) is 6.52. The highest BCUT2D eigenvalue weighted by Gasteiger charge is 2.16. The summed E-state index contributed by atoms with van der Waals surface area (Å²) in [6.45, 7) is 2.14. The molecular formula is C14H20N2O3. The molecule has 5 nitrogen and oxygen atoms in total. The van der Waals surface area contributed by atoms with Gasteiger partial charge in [-0.05, 0) is 30.5 Å². The zero-order valence-corrected chi connectivity index (χ0v) is 11.1. The molecule has 1 amide bonds. The van der Waals surface area contributed by atoms with Crippen molar-refractivity contribution in [3.63, 3.8) is 0 Å². The zero-order chi connectivity index (χ0) is 14.1. The minimum absolute atomic E-state index is 0.112. The van der Waals surface area contributed by atoms with Gasteiger partial charge in [0.25, 0.3) is 0 Å². The van der Waals surface area contributed by atoms with Crippen molar-refractivity contribution in [3.8, 4) is 0 Å². The van der Waals surface area contributed by atoms with Crippen LogP contribution in [0, 0.1) is 5.92 Å². The zero-order valence-electron chi connectivity index (χ0n) is 11.1. The number of carbonyl (C=O) groups is 2. The van der Waals surface area contributed by atoms with Crippen LogP contribution in [-0.4, -0.2) is 28.5 Å². The van der Waals surface area contributed by atoms with E-state index in [9.17, 15) is 9.59 Å². The van der Waals surface area contributed by atoms with Crippen LogP contribution in [0.4, 0.5) is 0 Å². The van der Waals surface area contributed by atoms with Crippen LogP contribution in [0.15, 0.2) is 24.5 Å². The molecule has 0 saturated carbocycles. The Balaban J connectivity index is 2.29. The van der Waals surface area contributed by atoms with Crippen LogP contribution >= 0.6 is 0 Å². The smallest absolute Gasteiger partial charge is 0.308 e. The fraction of sp³-hybridized carbons (Fsp3) is 0.500. The second kappa shape index (κ2) is 8.24. The summed E-state index contributed by atoms with van der Waals surface area (Å²) in [4.78, 5) is 26.5. The third-order valence-corrected chi connectivity index (χ3v) is 2.92. The van der Waals surface area contributed by atoms with E-state index < -0.39 is 11.9 Å². The van der Waals surface area contributed by atoms with Gasteiger partial charge < -0.3 is 10.4 Å². The summed E-state index contributed by atoms with van der Waals surface area (Å²) in [5.41, 5.74) is 1.05. The summed E-state index contributed by atoms with van der Waals surface area (Å²) in [6.07, 6.45) is 5.76. The molecule has 1 aromatic heterocycles. The molecule has 0 aromatic carbocycles. The van der Waals surface area contributed by atoms with E-state index >= 15 is 0 Å². The van der Waals surface area contributed by atoms with Crippen molar-refractivity contribution >= 4 is 11.9 Å². The number of amides is 1. The van der Waals surface area contributed by atoms with E-state index in [4.69, 9.17) is 5.11 Å². The lowest BCUT2D eigenvalue weighted by Gasteiger charge is -2.12. The van der Waals surface area contributed by atoms with E-state index in [1.807, 2.05) is 19.1 Å². The average Bonchev–Trinajstić information content (AvgIpc) is 2.42. The number of aliphatic carboxylic acids is 1. The summed E-state index contributed by atoms with van der Waals surface area (Å²) < 4.78 is 0. The number of aryl methyl sites for hydroxylation is 1. The van der Waals surface area contributed by atoms with Gasteiger partial charge in [-0.2, -0.15) is 0 Å². The first kappa shape index (κ1) is 15.1. The fourth-order valence-electron chi connectivity index (χ4n) is 1.79. The minimum Gasteiger partial charge on any atom is -0.481 e. The van der Waals surface area contributed by atoms with E-state index in [-0.39, 0.29) is 12.5 Å². The van der Waals surface area contributed by atoms with Crippen molar-refractivity contribution in [3.05, 3.63) is 30.1 Å². The molecular weight excluding hydrogens is 244 g/mol. The number of pyridine rings is 1. The van der Waals surface area contributed by atoms with Crippen molar-refractivity contribution in [1.29, 1.82) is 0 Å². The summed E-state index contributed by atoms with van der Waals surface area (Å²) in [5.74, 6) is -1.45. The van der Waals surface area contributed by atoms with Gasteiger partial charge in [0.1, 0.15) is 0 Å². The molecule has 0 bridgehead atoms. The molecule has 0 spiro atoms. The van der Waals surface area contributed by atoms with Crippen molar-refractivity contribution in [2.24, 2.45) is 5.92 Å². The number of hydrogen-bond donors (Lipinski definition) is 2. The maximum Gasteiger partial charge on any atom is 0.308 e. The Morgan fingerprint density at radius 1 is 1.37 bits per heavy atom. The lowest BCUT2D eigenvalue weighted by atomic mass is 10.0. The number of hydrogen-bond acceptors (Lipinski definition) is 3. The molecule has 0 fully saturated rings. The molecule has 5 heteroatoms. The number of carboxylic acids is 1. The first-order valence-corrected chi connectivity index (χ1v) is 6.52. The molecule has 1 unspecified atom stereocenters. The topological polar surface area (TPSA) is 79.3 Å². The van der Waals surface area contributed by atoms with Gasteiger partial charge in [0, 0.05) is 25.4 Å². The molecule has 0 aliphatic rings. The Kier molecular flexibility index (Phi) is 6.57. The number of rotatable bonds is 8. The molecule has 104 valence electrons. The second-order valence-corrected chi connectivity index (χ2v) is 4.48. The molecule has 0 aliphatic heterocycles. The highest BCUT2D eigenvalue weighted by molar-refractivity contribution is 5.77. The number of aromatic nitrogens is 1. The van der Waals surface area contributed by atoms with E-state index in [1.54, 1.807) is 12.4 Å². The van der Waals surface area contributed by atoms with Crippen LogP contribution in [0.25, 0.3) is 0 Å². The third kappa shape index (κ3) is 5.99. The van der Waals surface area contributed by atoms with Gasteiger partial charge in [-0.1, -0.05) is 13.3 Å². The van der Waals surface area contributed by atoms with Crippen LogP contribution in [-0.2, 0) is 16.0 Å². The number of carbonyl (C=O) groups excluding carboxylic acids is 1. The molecule has 1 heterocycles. The Morgan fingerprint density at radius 2 is 2.05 bits per heavy atom. The molecule has 19 heavy (non-hydrogen) atoms. The standard InChI is InChI=1S/C14H20N2O3/c1-2-3-12(14(18)19)10-16-13(17)5-4-11-6-8-15-9-7-11/h6-9,12H,2-5,10H2,1H3,(H,16,17)(H,18,19). The van der Waals surface area contributed by atoms with Gasteiger partial charge in [-0.3, -0.25) is 14.6 Å². The lowest BCUT2D eigenvalue weighted by Crippen LogP contribution is -2.33. The van der Waals surface area contributed by atoms with E-state index in [0.29, 0.717) is 19.3 Å². The van der Waals surface area contributed by atoms with E-state index in [2.05, 4.69) is 10.3 Å². The molecule has 1 rings (SSSR count). The van der Waals surface area contributed by atoms with Crippen molar-refractivity contribution in [1.82, 2.24) is 10.3 Å². The van der Waals surface area contributed by atoms with Crippen LogP contribution in [0.3, 0.4) is 0 Å². The lowest BCUT2D eigenvalue weighted by molar-refractivity contribution is -0.141. The maximum atomic E-state index is 11.6. The second-order valence-electron chi connectivity index (χ2n) is 4.48. The van der Waals surface area contributed by atoms with E-state index in [0.717, 1.165) is 12.0 Å². The molecule has 1 atom stereocenters. The third-order valence-electron chi connectivity index (χ3n) is 2.92. The molecule has 0 aliphatic carbocycles. The molecule has 2 N–H and O–H groups in total. The number of carboxylic acid groups (broad SMARTS) is 1. The predicted octanol–water partition coefficient (Wildman–Crippen LogP) is 1.63. The fourth-order valence-corrected chi connectivity index (χ4v) is 1.79. The number of nitrogens with one attached hydrogen (secondary N) is 1. The van der Waals surface area contributed by atoms with Crippen molar-refractivity contribution in [2.75, 3.05) is 6.54 Å². The largest absolute Gasteiger partial charge is 0.481 e. The van der Waals surface area contributed by atoms with Crippen molar-refractivity contribution < 1.29 is 14.7 Å². The van der Waals surface area contributed by atoms with Gasteiger partial charge in [0.05, 0.1) is 5.92 Å². The SMILES string of the molecule is CCCC(CNC(=O)CCc1ccncc1)C(=O)O. The highest BCUT2D eigenvalue weighted by atomic mass is 16.4. The summed E-state index contributed by atoms with van der Waals surface area (Å²) in [5, 5.41) is 11.7. The van der Waals surface area contributed by atoms with Crippen LogP contribution in [0.1, 0.15) is 31.7 Å². The Hall–Kier alpha value is -1.91. The van der Waals surface area contributed by atoms with Crippen LogP contribution < -0.4 is 5.32 Å². The first-order chi connectivity index (χ1) is 9.13. The highest BCUT2D eigenvalue weighted by Crippen LogP contribution is 2.06. The normalized spacial score (nSPS) is 11.8. The summed E-state index contributed by atoms with van der Waals surface area (Å²) in [6, 6.07) is 3.73. The van der Waals surface area contributed by atoms with Crippen molar-refractivity contribution in [2.45, 2.75) is 32.6 Å². The molecule has 0 radical (unpaired) electrons. The summed E-state index contributed by atoms with van der Waals surface area (Å²) >= 11 is 0. The molecule has 1 aromatic rings. The monoisotopic (exact) mass is 264 g/mol. The Labute approximate surface area is 113 Å². The predicted molar refractivity (Wildman–Crippen MR) is 71.6 cm³/mol.